The Labute approximate surface area is 155 Å². The molecule has 0 fully saturated rings. The normalized spacial score (nSPS) is 11.4. The van der Waals surface area contributed by atoms with E-state index in [9.17, 15) is 9.18 Å². The van der Waals surface area contributed by atoms with E-state index in [2.05, 4.69) is 10.3 Å². The summed E-state index contributed by atoms with van der Waals surface area (Å²) >= 11 is 0. The number of benzene rings is 2. The third-order valence-electron chi connectivity index (χ3n) is 3.98. The molecular weight excluding hydrogens is 347 g/mol. The van der Waals surface area contributed by atoms with E-state index in [0.29, 0.717) is 22.7 Å². The number of hydrogen-bond donors (Lipinski definition) is 1. The van der Waals surface area contributed by atoms with Gasteiger partial charge < -0.3 is 14.6 Å². The highest BCUT2D eigenvalue weighted by Crippen LogP contribution is 2.21. The molecule has 1 N–H and O–H groups in total. The van der Waals surface area contributed by atoms with Gasteiger partial charge in [0.2, 0.25) is 0 Å². The van der Waals surface area contributed by atoms with E-state index >= 15 is 0 Å². The summed E-state index contributed by atoms with van der Waals surface area (Å²) in [4.78, 5) is 16.7. The molecule has 3 rings (SSSR count). The number of rotatable bonds is 6. The quantitative estimate of drug-likeness (QED) is 0.729. The van der Waals surface area contributed by atoms with Crippen LogP contribution >= 0.6 is 0 Å². The SMILES string of the molecule is Cn1ccnc1[C@@H](NC(=O)COc1ccc(C#N)cc1)c1ccc(F)cc1. The monoisotopic (exact) mass is 364 g/mol. The zero-order chi connectivity index (χ0) is 19.2. The maximum atomic E-state index is 13.2. The Morgan fingerprint density at radius 1 is 1.26 bits per heavy atom. The molecule has 3 aromatic rings. The number of carbonyl (C=O) groups is 1. The van der Waals surface area contributed by atoms with Crippen molar-refractivity contribution in [2.75, 3.05) is 6.61 Å². The molecule has 1 atom stereocenters. The molecule has 1 heterocycles. The van der Waals surface area contributed by atoms with E-state index in [-0.39, 0.29) is 18.3 Å². The van der Waals surface area contributed by atoms with Crippen LogP contribution in [0.25, 0.3) is 0 Å². The lowest BCUT2D eigenvalue weighted by molar-refractivity contribution is -0.123. The van der Waals surface area contributed by atoms with Crippen molar-refractivity contribution in [1.29, 1.82) is 5.26 Å². The molecule has 2 aromatic carbocycles. The van der Waals surface area contributed by atoms with Gasteiger partial charge in [-0.15, -0.1) is 0 Å². The summed E-state index contributed by atoms with van der Waals surface area (Å²) in [7, 11) is 1.82. The fourth-order valence-electron chi connectivity index (χ4n) is 2.58. The number of aromatic nitrogens is 2. The number of ether oxygens (including phenoxy) is 1. The van der Waals surface area contributed by atoms with Crippen LogP contribution in [0.4, 0.5) is 4.39 Å². The second-order valence-corrected chi connectivity index (χ2v) is 5.87. The molecule has 1 amide bonds. The van der Waals surface area contributed by atoms with Gasteiger partial charge in [0.1, 0.15) is 23.4 Å². The minimum atomic E-state index is -0.539. The van der Waals surface area contributed by atoms with Crippen LogP contribution in [0.3, 0.4) is 0 Å². The minimum Gasteiger partial charge on any atom is -0.484 e. The van der Waals surface area contributed by atoms with Crippen LogP contribution in [0.15, 0.2) is 60.9 Å². The second-order valence-electron chi connectivity index (χ2n) is 5.87. The van der Waals surface area contributed by atoms with Gasteiger partial charge in [-0.05, 0) is 42.0 Å². The lowest BCUT2D eigenvalue weighted by Crippen LogP contribution is -2.34. The molecule has 0 radical (unpaired) electrons. The number of halogens is 1. The number of aryl methyl sites for hydroxylation is 1. The summed E-state index contributed by atoms with van der Waals surface area (Å²) in [5.74, 6) is 0.400. The minimum absolute atomic E-state index is 0.200. The molecule has 0 unspecified atom stereocenters. The van der Waals surface area contributed by atoms with E-state index in [0.717, 1.165) is 0 Å². The van der Waals surface area contributed by atoms with Crippen LogP contribution in [0.5, 0.6) is 5.75 Å². The van der Waals surface area contributed by atoms with E-state index in [1.165, 1.54) is 12.1 Å². The van der Waals surface area contributed by atoms with Crippen molar-refractivity contribution in [1.82, 2.24) is 14.9 Å². The van der Waals surface area contributed by atoms with Gasteiger partial charge in [-0.25, -0.2) is 9.37 Å². The van der Waals surface area contributed by atoms with Crippen LogP contribution in [-0.2, 0) is 11.8 Å². The van der Waals surface area contributed by atoms with Gasteiger partial charge in [0, 0.05) is 19.4 Å². The predicted molar refractivity (Wildman–Crippen MR) is 96.2 cm³/mol. The van der Waals surface area contributed by atoms with E-state index in [4.69, 9.17) is 10.00 Å². The highest BCUT2D eigenvalue weighted by Gasteiger charge is 2.21. The van der Waals surface area contributed by atoms with Crippen LogP contribution in [0.2, 0.25) is 0 Å². The van der Waals surface area contributed by atoms with Crippen molar-refractivity contribution in [2.45, 2.75) is 6.04 Å². The van der Waals surface area contributed by atoms with E-state index in [1.54, 1.807) is 53.4 Å². The molecule has 0 aliphatic heterocycles. The molecule has 27 heavy (non-hydrogen) atoms. The number of nitrogens with zero attached hydrogens (tertiary/aromatic N) is 3. The molecule has 7 heteroatoms. The molecule has 1 aromatic heterocycles. The van der Waals surface area contributed by atoms with Gasteiger partial charge >= 0.3 is 0 Å². The number of carbonyl (C=O) groups excluding carboxylic acids is 1. The lowest BCUT2D eigenvalue weighted by Gasteiger charge is -2.19. The van der Waals surface area contributed by atoms with Crippen molar-refractivity contribution < 1.29 is 13.9 Å². The summed E-state index contributed by atoms with van der Waals surface area (Å²) in [5, 5.41) is 11.7. The maximum absolute atomic E-state index is 13.2. The smallest absolute Gasteiger partial charge is 0.258 e. The van der Waals surface area contributed by atoms with Crippen molar-refractivity contribution in [3.63, 3.8) is 0 Å². The number of hydrogen-bond acceptors (Lipinski definition) is 4. The zero-order valence-corrected chi connectivity index (χ0v) is 14.6. The number of imidazole rings is 1. The van der Waals surface area contributed by atoms with Crippen molar-refractivity contribution in [3.05, 3.63) is 83.7 Å². The standard InChI is InChI=1S/C20H17FN4O2/c1-25-11-10-23-20(25)19(15-4-6-16(21)7-5-15)24-18(26)13-27-17-8-2-14(12-22)3-9-17/h2-11,19H,13H2,1H3,(H,24,26)/t19-/m0/s1. The average Bonchev–Trinajstić information content (AvgIpc) is 3.11. The first-order valence-electron chi connectivity index (χ1n) is 8.22. The molecule has 0 aliphatic carbocycles. The first-order chi connectivity index (χ1) is 13.1. The number of amides is 1. The van der Waals surface area contributed by atoms with Gasteiger partial charge in [0.25, 0.3) is 5.91 Å². The average molecular weight is 364 g/mol. The Bertz CT molecular complexity index is 959. The van der Waals surface area contributed by atoms with Crippen molar-refractivity contribution in [2.24, 2.45) is 7.05 Å². The maximum Gasteiger partial charge on any atom is 0.258 e. The summed E-state index contributed by atoms with van der Waals surface area (Å²) in [5.41, 5.74) is 1.22. The van der Waals surface area contributed by atoms with Crippen molar-refractivity contribution in [3.8, 4) is 11.8 Å². The molecule has 136 valence electrons. The molecule has 0 aliphatic rings. The number of nitriles is 1. The Morgan fingerprint density at radius 2 is 1.96 bits per heavy atom. The van der Waals surface area contributed by atoms with Gasteiger partial charge in [-0.3, -0.25) is 4.79 Å². The summed E-state index contributed by atoms with van der Waals surface area (Å²) in [6.07, 6.45) is 3.40. The fourth-order valence-corrected chi connectivity index (χ4v) is 2.58. The Kier molecular flexibility index (Phi) is 5.47. The van der Waals surface area contributed by atoms with Gasteiger partial charge in [-0.1, -0.05) is 12.1 Å². The molecule has 0 saturated heterocycles. The summed E-state index contributed by atoms with van der Waals surface area (Å²) in [6, 6.07) is 13.9. The summed E-state index contributed by atoms with van der Waals surface area (Å²) < 4.78 is 20.5. The third-order valence-corrected chi connectivity index (χ3v) is 3.98. The summed E-state index contributed by atoms with van der Waals surface area (Å²) in [6.45, 7) is -0.200. The van der Waals surface area contributed by atoms with Crippen molar-refractivity contribution >= 4 is 5.91 Å². The Morgan fingerprint density at radius 3 is 2.56 bits per heavy atom. The fraction of sp³-hybridized carbons (Fsp3) is 0.150. The number of nitrogens with one attached hydrogen (secondary N) is 1. The molecule has 0 saturated carbocycles. The van der Waals surface area contributed by atoms with Gasteiger partial charge in [-0.2, -0.15) is 5.26 Å². The lowest BCUT2D eigenvalue weighted by atomic mass is 10.1. The molecule has 6 nitrogen and oxygen atoms in total. The molecular formula is C20H17FN4O2. The van der Waals surface area contributed by atoms with E-state index < -0.39 is 6.04 Å². The zero-order valence-electron chi connectivity index (χ0n) is 14.6. The second kappa shape index (κ2) is 8.15. The van der Waals surface area contributed by atoms with E-state index in [1.807, 2.05) is 13.1 Å². The predicted octanol–water partition coefficient (Wildman–Crippen LogP) is 2.72. The Balaban J connectivity index is 1.71. The van der Waals surface area contributed by atoms with Gasteiger partial charge in [0.15, 0.2) is 6.61 Å². The van der Waals surface area contributed by atoms with Crippen LogP contribution in [-0.4, -0.2) is 22.1 Å². The van der Waals surface area contributed by atoms with Gasteiger partial charge in [0.05, 0.1) is 11.6 Å². The first kappa shape index (κ1) is 18.1. The Hall–Kier alpha value is -3.66. The topological polar surface area (TPSA) is 79.9 Å². The highest BCUT2D eigenvalue weighted by molar-refractivity contribution is 5.78. The van der Waals surface area contributed by atoms with Crippen LogP contribution in [0.1, 0.15) is 23.0 Å². The molecule has 0 spiro atoms. The third kappa shape index (κ3) is 4.50. The molecule has 0 bridgehead atoms. The van der Waals surface area contributed by atoms with Crippen LogP contribution in [0, 0.1) is 17.1 Å². The largest absolute Gasteiger partial charge is 0.484 e. The van der Waals surface area contributed by atoms with Crippen LogP contribution < -0.4 is 10.1 Å². The first-order valence-corrected chi connectivity index (χ1v) is 8.22. The highest BCUT2D eigenvalue weighted by atomic mass is 19.1.